The van der Waals surface area contributed by atoms with E-state index in [0.717, 1.165) is 15.7 Å². The van der Waals surface area contributed by atoms with Gasteiger partial charge in [-0.05, 0) is 27.6 Å². The van der Waals surface area contributed by atoms with Crippen molar-refractivity contribution in [1.29, 1.82) is 0 Å². The van der Waals surface area contributed by atoms with Crippen molar-refractivity contribution >= 4 is 21.6 Å². The van der Waals surface area contributed by atoms with E-state index in [9.17, 15) is 8.78 Å². The number of hydrogen-bond acceptors (Lipinski definition) is 2. The maximum Gasteiger partial charge on any atom is 0.263 e. The summed E-state index contributed by atoms with van der Waals surface area (Å²) in [7, 11) is 0. The first kappa shape index (κ1) is 13.0. The summed E-state index contributed by atoms with van der Waals surface area (Å²) in [5.74, 6) is 0. The average Bonchev–Trinajstić information content (AvgIpc) is 2.37. The highest BCUT2D eigenvalue weighted by Gasteiger charge is 2.05. The van der Waals surface area contributed by atoms with Gasteiger partial charge in [-0.1, -0.05) is 24.3 Å². The molecule has 18 heavy (non-hydrogen) atoms. The molecule has 0 bridgehead atoms. The van der Waals surface area contributed by atoms with E-state index >= 15 is 0 Å². The molecule has 0 aliphatic heterocycles. The van der Waals surface area contributed by atoms with Crippen molar-refractivity contribution in [3.8, 4) is 0 Å². The van der Waals surface area contributed by atoms with Crippen molar-refractivity contribution < 1.29 is 8.78 Å². The second kappa shape index (κ2) is 5.91. The minimum absolute atomic E-state index is 0.0443. The number of hydrogen-bond donors (Lipinski definition) is 1. The molecule has 1 N–H and O–H groups in total. The Balaban J connectivity index is 1.98. The Hall–Kier alpha value is -1.49. The molecule has 0 fully saturated rings. The zero-order chi connectivity index (χ0) is 13.0. The molecule has 94 valence electrons. The molecule has 0 atom stereocenters. The molecule has 1 heterocycles. The van der Waals surface area contributed by atoms with Crippen LogP contribution in [0.2, 0.25) is 0 Å². The number of pyridine rings is 1. The quantitative estimate of drug-likeness (QED) is 0.905. The fourth-order valence-electron chi connectivity index (χ4n) is 1.49. The van der Waals surface area contributed by atoms with Gasteiger partial charge in [-0.3, -0.25) is 4.98 Å². The molecule has 0 spiro atoms. The van der Waals surface area contributed by atoms with E-state index in [1.54, 1.807) is 24.5 Å². The van der Waals surface area contributed by atoms with Crippen LogP contribution in [0.5, 0.6) is 0 Å². The van der Waals surface area contributed by atoms with Crippen LogP contribution in [0.4, 0.5) is 14.5 Å². The third-order valence-electron chi connectivity index (χ3n) is 2.43. The summed E-state index contributed by atoms with van der Waals surface area (Å²) in [5, 5.41) is 3.17. The minimum Gasteiger partial charge on any atom is -0.380 e. The van der Waals surface area contributed by atoms with Crippen LogP contribution in [-0.4, -0.2) is 4.98 Å². The number of anilines is 1. The first-order chi connectivity index (χ1) is 8.65. The van der Waals surface area contributed by atoms with E-state index in [2.05, 4.69) is 26.2 Å². The van der Waals surface area contributed by atoms with Gasteiger partial charge in [0.25, 0.3) is 6.43 Å². The highest BCUT2D eigenvalue weighted by molar-refractivity contribution is 9.10. The summed E-state index contributed by atoms with van der Waals surface area (Å²) in [4.78, 5) is 4.03. The van der Waals surface area contributed by atoms with Gasteiger partial charge in [0.2, 0.25) is 0 Å². The molecule has 0 amide bonds. The van der Waals surface area contributed by atoms with E-state index in [0.29, 0.717) is 6.54 Å². The molecule has 0 saturated heterocycles. The normalized spacial score (nSPS) is 10.7. The molecule has 5 heteroatoms. The second-order valence-corrected chi connectivity index (χ2v) is 4.70. The fourth-order valence-corrected chi connectivity index (χ4v) is 1.86. The SMILES string of the molecule is FC(F)c1ccc(CNc2cncc(Br)c2)cc1. The molecule has 1 aromatic heterocycles. The lowest BCUT2D eigenvalue weighted by Crippen LogP contribution is -2.00. The Labute approximate surface area is 112 Å². The van der Waals surface area contributed by atoms with Crippen LogP contribution in [0.1, 0.15) is 17.6 Å². The van der Waals surface area contributed by atoms with Crippen LogP contribution in [0.3, 0.4) is 0 Å². The van der Waals surface area contributed by atoms with E-state index in [-0.39, 0.29) is 5.56 Å². The Morgan fingerprint density at radius 2 is 1.89 bits per heavy atom. The van der Waals surface area contributed by atoms with Gasteiger partial charge < -0.3 is 5.32 Å². The summed E-state index contributed by atoms with van der Waals surface area (Å²) in [6.07, 6.45) is 0.988. The Morgan fingerprint density at radius 3 is 2.50 bits per heavy atom. The van der Waals surface area contributed by atoms with Crippen LogP contribution >= 0.6 is 15.9 Å². The van der Waals surface area contributed by atoms with Crippen LogP contribution < -0.4 is 5.32 Å². The Bertz CT molecular complexity index is 515. The Morgan fingerprint density at radius 1 is 1.17 bits per heavy atom. The topological polar surface area (TPSA) is 24.9 Å². The number of nitrogens with one attached hydrogen (secondary N) is 1. The molecule has 2 rings (SSSR count). The zero-order valence-corrected chi connectivity index (χ0v) is 11.0. The van der Waals surface area contributed by atoms with E-state index in [1.165, 1.54) is 12.1 Å². The maximum absolute atomic E-state index is 12.4. The standard InChI is InChI=1S/C13H11BrF2N2/c14-11-5-12(8-17-7-11)18-6-9-1-3-10(4-2-9)13(15)16/h1-5,7-8,13,18H,6H2. The van der Waals surface area contributed by atoms with Crippen molar-refractivity contribution in [2.45, 2.75) is 13.0 Å². The van der Waals surface area contributed by atoms with Crippen molar-refractivity contribution in [1.82, 2.24) is 4.98 Å². The highest BCUT2D eigenvalue weighted by Crippen LogP contribution is 2.19. The minimum atomic E-state index is -2.42. The van der Waals surface area contributed by atoms with E-state index in [4.69, 9.17) is 0 Å². The number of rotatable bonds is 4. The molecule has 0 aliphatic rings. The lowest BCUT2D eigenvalue weighted by atomic mass is 10.1. The predicted molar refractivity (Wildman–Crippen MR) is 70.7 cm³/mol. The molecular weight excluding hydrogens is 302 g/mol. The van der Waals surface area contributed by atoms with Crippen LogP contribution in [0.15, 0.2) is 47.2 Å². The van der Waals surface area contributed by atoms with Gasteiger partial charge in [-0.25, -0.2) is 8.78 Å². The van der Waals surface area contributed by atoms with Gasteiger partial charge in [0.1, 0.15) is 0 Å². The molecule has 2 nitrogen and oxygen atoms in total. The largest absolute Gasteiger partial charge is 0.380 e. The summed E-state index contributed by atoms with van der Waals surface area (Å²) in [6.45, 7) is 0.571. The third kappa shape index (κ3) is 3.50. The lowest BCUT2D eigenvalue weighted by molar-refractivity contribution is 0.151. The maximum atomic E-state index is 12.4. The fraction of sp³-hybridized carbons (Fsp3) is 0.154. The number of halogens is 3. The van der Waals surface area contributed by atoms with Crippen LogP contribution in [0.25, 0.3) is 0 Å². The third-order valence-corrected chi connectivity index (χ3v) is 2.87. The van der Waals surface area contributed by atoms with Crippen LogP contribution in [-0.2, 0) is 6.54 Å². The van der Waals surface area contributed by atoms with Gasteiger partial charge in [0, 0.05) is 22.8 Å². The lowest BCUT2D eigenvalue weighted by Gasteiger charge is -2.07. The molecule has 1 aromatic carbocycles. The number of aromatic nitrogens is 1. The smallest absolute Gasteiger partial charge is 0.263 e. The van der Waals surface area contributed by atoms with Crippen molar-refractivity contribution in [2.75, 3.05) is 5.32 Å². The summed E-state index contributed by atoms with van der Waals surface area (Å²) >= 11 is 3.33. The van der Waals surface area contributed by atoms with Crippen LogP contribution in [0, 0.1) is 0 Å². The molecule has 0 unspecified atom stereocenters. The highest BCUT2D eigenvalue weighted by atomic mass is 79.9. The summed E-state index contributed by atoms with van der Waals surface area (Å²) < 4.78 is 25.6. The Kier molecular flexibility index (Phi) is 4.25. The molecule has 0 saturated carbocycles. The first-order valence-corrected chi connectivity index (χ1v) is 6.16. The van der Waals surface area contributed by atoms with Gasteiger partial charge in [-0.15, -0.1) is 0 Å². The number of benzene rings is 1. The predicted octanol–water partition coefficient (Wildman–Crippen LogP) is 4.39. The zero-order valence-electron chi connectivity index (χ0n) is 9.41. The summed E-state index contributed by atoms with van der Waals surface area (Å²) in [5.41, 5.74) is 1.87. The number of alkyl halides is 2. The van der Waals surface area contributed by atoms with Gasteiger partial charge in [0.05, 0.1) is 11.9 Å². The van der Waals surface area contributed by atoms with Crippen molar-refractivity contribution in [2.24, 2.45) is 0 Å². The van der Waals surface area contributed by atoms with Crippen molar-refractivity contribution in [3.05, 3.63) is 58.3 Å². The molecular formula is C13H11BrF2N2. The summed E-state index contributed by atoms with van der Waals surface area (Å²) in [6, 6.07) is 8.18. The molecule has 2 aromatic rings. The van der Waals surface area contributed by atoms with Gasteiger partial charge in [-0.2, -0.15) is 0 Å². The average molecular weight is 313 g/mol. The van der Waals surface area contributed by atoms with E-state index < -0.39 is 6.43 Å². The number of nitrogens with zero attached hydrogens (tertiary/aromatic N) is 1. The van der Waals surface area contributed by atoms with Gasteiger partial charge >= 0.3 is 0 Å². The first-order valence-electron chi connectivity index (χ1n) is 5.36. The second-order valence-electron chi connectivity index (χ2n) is 3.79. The van der Waals surface area contributed by atoms with Crippen molar-refractivity contribution in [3.63, 3.8) is 0 Å². The van der Waals surface area contributed by atoms with Gasteiger partial charge in [0.15, 0.2) is 0 Å². The molecule has 0 aliphatic carbocycles. The monoisotopic (exact) mass is 312 g/mol. The van der Waals surface area contributed by atoms with E-state index in [1.807, 2.05) is 6.07 Å². The molecule has 0 radical (unpaired) electrons.